The maximum absolute atomic E-state index is 13.8. The molecule has 0 fully saturated rings. The van der Waals surface area contributed by atoms with Crippen LogP contribution in [-0.2, 0) is 4.79 Å². The SMILES string of the molecule is C.COc1ccccc1C1C2=C(CCCC2=O)Nc2ccccc2N1C(=O)c1ccco1. The molecule has 3 aromatic rings. The highest BCUT2D eigenvalue weighted by molar-refractivity contribution is 6.10. The number of nitrogens with zero attached hydrogens (tertiary/aromatic N) is 1. The Morgan fingerprint density at radius 2 is 1.84 bits per heavy atom. The van der Waals surface area contributed by atoms with Gasteiger partial charge in [0.25, 0.3) is 5.91 Å². The first-order chi connectivity index (χ1) is 15.2. The van der Waals surface area contributed by atoms with Crippen LogP contribution in [0.1, 0.15) is 48.8 Å². The summed E-state index contributed by atoms with van der Waals surface area (Å²) in [6.07, 6.45) is 3.44. The number of fused-ring (bicyclic) bond motifs is 1. The van der Waals surface area contributed by atoms with Crippen LogP contribution in [0.2, 0.25) is 0 Å². The summed E-state index contributed by atoms with van der Waals surface area (Å²) in [7, 11) is 1.60. The molecule has 2 aromatic carbocycles. The lowest BCUT2D eigenvalue weighted by Gasteiger charge is -2.34. The Bertz CT molecular complexity index is 1180. The summed E-state index contributed by atoms with van der Waals surface area (Å²) in [6.45, 7) is 0. The number of rotatable bonds is 3. The maximum atomic E-state index is 13.8. The minimum atomic E-state index is -0.646. The van der Waals surface area contributed by atoms with Crippen molar-refractivity contribution < 1.29 is 18.7 Å². The van der Waals surface area contributed by atoms with E-state index in [1.807, 2.05) is 48.5 Å². The van der Waals surface area contributed by atoms with E-state index in [0.717, 1.165) is 29.8 Å². The lowest BCUT2D eigenvalue weighted by atomic mass is 9.85. The Hall–Kier alpha value is -3.80. The van der Waals surface area contributed by atoms with Gasteiger partial charge in [-0.3, -0.25) is 14.5 Å². The first kappa shape index (κ1) is 21.4. The lowest BCUT2D eigenvalue weighted by molar-refractivity contribution is -0.116. The molecule has 1 N–H and O–H groups in total. The number of ketones is 1. The number of para-hydroxylation sites is 3. The van der Waals surface area contributed by atoms with Crippen LogP contribution < -0.4 is 15.0 Å². The number of amides is 1. The first-order valence-electron chi connectivity index (χ1n) is 10.3. The van der Waals surface area contributed by atoms with Gasteiger partial charge in [0.1, 0.15) is 5.75 Å². The van der Waals surface area contributed by atoms with Gasteiger partial charge < -0.3 is 14.5 Å². The molecular formula is C26H26N2O4. The molecule has 0 radical (unpaired) electrons. The Morgan fingerprint density at radius 3 is 2.62 bits per heavy atom. The number of ether oxygens (including phenoxy) is 1. The highest BCUT2D eigenvalue weighted by Gasteiger charge is 2.41. The molecule has 0 spiro atoms. The lowest BCUT2D eigenvalue weighted by Crippen LogP contribution is -2.38. The van der Waals surface area contributed by atoms with E-state index in [9.17, 15) is 9.59 Å². The number of benzene rings is 2. The van der Waals surface area contributed by atoms with Crippen molar-refractivity contribution in [2.24, 2.45) is 0 Å². The number of Topliss-reactive ketones (excluding diaryl/α,β-unsaturated/α-hetero) is 1. The normalized spacial score (nSPS) is 17.5. The van der Waals surface area contributed by atoms with E-state index < -0.39 is 6.04 Å². The van der Waals surface area contributed by atoms with Gasteiger partial charge in [0.05, 0.1) is 30.8 Å². The van der Waals surface area contributed by atoms with Gasteiger partial charge in [0, 0.05) is 23.3 Å². The van der Waals surface area contributed by atoms with Crippen LogP contribution in [0.5, 0.6) is 5.75 Å². The third-order valence-electron chi connectivity index (χ3n) is 5.82. The van der Waals surface area contributed by atoms with Gasteiger partial charge in [-0.2, -0.15) is 0 Å². The average molecular weight is 431 g/mol. The van der Waals surface area contributed by atoms with Gasteiger partial charge in [-0.1, -0.05) is 37.8 Å². The largest absolute Gasteiger partial charge is 0.496 e. The number of furan rings is 1. The van der Waals surface area contributed by atoms with Crippen molar-refractivity contribution in [3.63, 3.8) is 0 Å². The van der Waals surface area contributed by atoms with E-state index in [1.54, 1.807) is 24.1 Å². The van der Waals surface area contributed by atoms with E-state index >= 15 is 0 Å². The topological polar surface area (TPSA) is 71.8 Å². The van der Waals surface area contributed by atoms with Crippen molar-refractivity contribution in [3.8, 4) is 5.75 Å². The number of allylic oxidation sites excluding steroid dienone is 1. The number of anilines is 2. The Balaban J connectivity index is 0.00000245. The molecule has 1 atom stereocenters. The molecule has 164 valence electrons. The molecule has 2 aliphatic rings. The third kappa shape index (κ3) is 3.47. The third-order valence-corrected chi connectivity index (χ3v) is 5.82. The molecule has 1 amide bonds. The van der Waals surface area contributed by atoms with Crippen LogP contribution in [0.25, 0.3) is 0 Å². The van der Waals surface area contributed by atoms with Crippen LogP contribution in [0.3, 0.4) is 0 Å². The fourth-order valence-electron chi connectivity index (χ4n) is 4.46. The van der Waals surface area contributed by atoms with Crippen molar-refractivity contribution in [1.82, 2.24) is 0 Å². The molecule has 0 saturated heterocycles. The van der Waals surface area contributed by atoms with Crippen LogP contribution >= 0.6 is 0 Å². The number of hydrogen-bond acceptors (Lipinski definition) is 5. The van der Waals surface area contributed by atoms with E-state index in [2.05, 4.69) is 5.32 Å². The van der Waals surface area contributed by atoms with Crippen LogP contribution in [0, 0.1) is 0 Å². The van der Waals surface area contributed by atoms with E-state index in [1.165, 1.54) is 6.26 Å². The summed E-state index contributed by atoms with van der Waals surface area (Å²) in [5, 5.41) is 3.45. The molecular weight excluding hydrogens is 404 g/mol. The number of carbonyl (C=O) groups excluding carboxylic acids is 2. The monoisotopic (exact) mass is 430 g/mol. The van der Waals surface area contributed by atoms with Crippen molar-refractivity contribution in [2.45, 2.75) is 32.7 Å². The number of hydrogen-bond donors (Lipinski definition) is 1. The van der Waals surface area contributed by atoms with Gasteiger partial charge in [-0.15, -0.1) is 0 Å². The zero-order valence-corrected chi connectivity index (χ0v) is 17.1. The molecule has 1 unspecified atom stereocenters. The van der Waals surface area contributed by atoms with E-state index in [0.29, 0.717) is 23.4 Å². The second kappa shape index (κ2) is 8.75. The number of carbonyl (C=O) groups is 2. The zero-order valence-electron chi connectivity index (χ0n) is 17.1. The van der Waals surface area contributed by atoms with Crippen molar-refractivity contribution in [1.29, 1.82) is 0 Å². The predicted octanol–water partition coefficient (Wildman–Crippen LogP) is 5.75. The molecule has 1 aromatic heterocycles. The molecule has 6 heteroatoms. The Kier molecular flexibility index (Phi) is 5.86. The van der Waals surface area contributed by atoms with E-state index in [-0.39, 0.29) is 24.9 Å². The number of nitrogens with one attached hydrogen (secondary N) is 1. The molecule has 1 aliphatic carbocycles. The van der Waals surface area contributed by atoms with E-state index in [4.69, 9.17) is 9.15 Å². The molecule has 0 bridgehead atoms. The molecule has 6 nitrogen and oxygen atoms in total. The standard InChI is InChI=1S/C25H22N2O4.CH4/c1-30-21-13-5-2-8-16(21)24-23-18(10-6-12-20(23)28)26-17-9-3-4-11-19(17)27(24)25(29)22-14-7-15-31-22;/h2-5,7-9,11,13-15,24,26H,6,10,12H2,1H3;1H4. The quantitative estimate of drug-likeness (QED) is 0.573. The van der Waals surface area contributed by atoms with Gasteiger partial charge >= 0.3 is 0 Å². The molecule has 2 heterocycles. The van der Waals surface area contributed by atoms with Crippen molar-refractivity contribution in [3.05, 3.63) is 89.5 Å². The molecule has 0 saturated carbocycles. The summed E-state index contributed by atoms with van der Waals surface area (Å²) >= 11 is 0. The smallest absolute Gasteiger partial charge is 0.294 e. The fraction of sp³-hybridized carbons (Fsp3) is 0.231. The second-order valence-corrected chi connectivity index (χ2v) is 7.61. The Morgan fingerprint density at radius 1 is 1.06 bits per heavy atom. The average Bonchev–Trinajstić information content (AvgIpc) is 3.29. The highest BCUT2D eigenvalue weighted by atomic mass is 16.5. The molecule has 1 aliphatic heterocycles. The van der Waals surface area contributed by atoms with Gasteiger partial charge in [0.2, 0.25) is 0 Å². The minimum absolute atomic E-state index is 0. The highest BCUT2D eigenvalue weighted by Crippen LogP contribution is 2.47. The zero-order chi connectivity index (χ0) is 21.4. The second-order valence-electron chi connectivity index (χ2n) is 7.61. The van der Waals surface area contributed by atoms with Crippen LogP contribution in [0.15, 0.2) is 82.6 Å². The predicted molar refractivity (Wildman–Crippen MR) is 124 cm³/mol. The first-order valence-corrected chi connectivity index (χ1v) is 10.3. The van der Waals surface area contributed by atoms with Crippen molar-refractivity contribution >= 4 is 23.1 Å². The Labute approximate surface area is 187 Å². The van der Waals surface area contributed by atoms with Gasteiger partial charge in [0.15, 0.2) is 11.5 Å². The summed E-state index contributed by atoms with van der Waals surface area (Å²) in [4.78, 5) is 28.7. The summed E-state index contributed by atoms with van der Waals surface area (Å²) in [5.41, 5.74) is 3.68. The van der Waals surface area contributed by atoms with Crippen molar-refractivity contribution in [2.75, 3.05) is 17.3 Å². The summed E-state index contributed by atoms with van der Waals surface area (Å²) in [6, 6.07) is 17.8. The molecule has 32 heavy (non-hydrogen) atoms. The summed E-state index contributed by atoms with van der Waals surface area (Å²) < 4.78 is 11.1. The van der Waals surface area contributed by atoms with Gasteiger partial charge in [-0.25, -0.2) is 0 Å². The minimum Gasteiger partial charge on any atom is -0.496 e. The summed E-state index contributed by atoms with van der Waals surface area (Å²) in [5.74, 6) is 0.549. The fourth-order valence-corrected chi connectivity index (χ4v) is 4.46. The number of methoxy groups -OCH3 is 1. The van der Waals surface area contributed by atoms with Gasteiger partial charge in [-0.05, 0) is 43.2 Å². The molecule has 5 rings (SSSR count). The van der Waals surface area contributed by atoms with Crippen LogP contribution in [0.4, 0.5) is 11.4 Å². The maximum Gasteiger partial charge on any atom is 0.294 e. The van der Waals surface area contributed by atoms with Crippen LogP contribution in [-0.4, -0.2) is 18.8 Å².